The minimum absolute atomic E-state index is 0.0221. The molecule has 0 unspecified atom stereocenters. The molecule has 4 rings (SSSR count). The lowest BCUT2D eigenvalue weighted by Gasteiger charge is -2.29. The summed E-state index contributed by atoms with van der Waals surface area (Å²) in [5.41, 5.74) is 0.945. The fraction of sp³-hybridized carbons (Fsp3) is 0.458. The summed E-state index contributed by atoms with van der Waals surface area (Å²) >= 11 is 0. The molecule has 3 aromatic rings. The van der Waals surface area contributed by atoms with Crippen LogP contribution in [0.5, 0.6) is 5.75 Å². The van der Waals surface area contributed by atoms with Gasteiger partial charge in [0.25, 0.3) is 0 Å². The van der Waals surface area contributed by atoms with E-state index in [0.29, 0.717) is 24.7 Å². The Balaban J connectivity index is 1.43. The minimum Gasteiger partial charge on any atom is -0.493 e. The number of nitrogens with one attached hydrogen (secondary N) is 2. The zero-order valence-corrected chi connectivity index (χ0v) is 20.3. The quantitative estimate of drug-likeness (QED) is 0.448. The van der Waals surface area contributed by atoms with E-state index in [1.807, 2.05) is 41.1 Å². The van der Waals surface area contributed by atoms with Crippen LogP contribution >= 0.6 is 0 Å². The van der Waals surface area contributed by atoms with Crippen LogP contribution < -0.4 is 15.4 Å². The molecule has 2 N–H and O–H groups in total. The van der Waals surface area contributed by atoms with Crippen molar-refractivity contribution in [3.8, 4) is 11.6 Å². The number of aromatic nitrogens is 3. The minimum atomic E-state index is -3.00. The maximum atomic E-state index is 11.3. The van der Waals surface area contributed by atoms with Crippen molar-refractivity contribution in [2.24, 2.45) is 0 Å². The van der Waals surface area contributed by atoms with Gasteiger partial charge < -0.3 is 19.9 Å². The summed E-state index contributed by atoms with van der Waals surface area (Å²) < 4.78 is 30.5. The highest BCUT2D eigenvalue weighted by molar-refractivity contribution is 7.90. The van der Waals surface area contributed by atoms with E-state index in [9.17, 15) is 13.2 Å². The van der Waals surface area contributed by atoms with Crippen LogP contribution in [0.1, 0.15) is 39.0 Å². The van der Waals surface area contributed by atoms with Gasteiger partial charge in [-0.2, -0.15) is 4.98 Å². The second kappa shape index (κ2) is 10.4. The van der Waals surface area contributed by atoms with Crippen molar-refractivity contribution in [3.05, 3.63) is 42.7 Å². The van der Waals surface area contributed by atoms with Crippen LogP contribution in [0, 0.1) is 0 Å². The molecular weight excluding hydrogens is 454 g/mol. The molecule has 182 valence electrons. The Bertz CT molecular complexity index is 1250. The fourth-order valence-electron chi connectivity index (χ4n) is 4.37. The molecule has 0 saturated heterocycles. The van der Waals surface area contributed by atoms with Gasteiger partial charge in [-0.05, 0) is 56.4 Å². The Morgan fingerprint density at radius 2 is 1.91 bits per heavy atom. The number of hydrogen-bond acceptors (Lipinski definition) is 7. The first kappa shape index (κ1) is 24.0. The number of hydrogen-bond donors (Lipinski definition) is 2. The molecule has 0 atom stereocenters. The van der Waals surface area contributed by atoms with Gasteiger partial charge in [0.05, 0.1) is 17.9 Å². The summed E-state index contributed by atoms with van der Waals surface area (Å²) in [5.74, 6) is 2.17. The molecule has 1 aliphatic carbocycles. The van der Waals surface area contributed by atoms with Crippen LogP contribution in [0.25, 0.3) is 16.7 Å². The number of rotatable bonds is 9. The van der Waals surface area contributed by atoms with Crippen LogP contribution in [0.4, 0.5) is 5.95 Å². The van der Waals surface area contributed by atoms with E-state index in [0.717, 1.165) is 42.4 Å². The molecule has 0 spiro atoms. The highest BCUT2D eigenvalue weighted by atomic mass is 32.2. The summed E-state index contributed by atoms with van der Waals surface area (Å²) in [6.07, 6.45) is 9.14. The number of amides is 1. The number of nitrogens with zero attached hydrogens (tertiary/aromatic N) is 3. The predicted octanol–water partition coefficient (Wildman–Crippen LogP) is 3.09. The van der Waals surface area contributed by atoms with Crippen molar-refractivity contribution >= 4 is 32.6 Å². The SMILES string of the molecule is CC(=O)NC1CCC(Nc2nccc(-n3ccc4c(OCCCS(C)(=O)=O)cccc43)n2)CC1. The second-order valence-electron chi connectivity index (χ2n) is 8.84. The largest absolute Gasteiger partial charge is 0.493 e. The molecule has 0 bridgehead atoms. The highest BCUT2D eigenvalue weighted by Gasteiger charge is 2.22. The average molecular weight is 486 g/mol. The molecule has 1 aromatic carbocycles. The lowest BCUT2D eigenvalue weighted by atomic mass is 9.91. The van der Waals surface area contributed by atoms with Gasteiger partial charge in [-0.3, -0.25) is 4.79 Å². The number of carbonyl (C=O) groups excluding carboxylic acids is 1. The van der Waals surface area contributed by atoms with E-state index >= 15 is 0 Å². The standard InChI is InChI=1S/C24H31N5O4S/c1-17(30)26-18-7-9-19(10-8-18)27-24-25-13-11-23(28-24)29-14-12-20-21(29)5-3-6-22(20)33-15-4-16-34(2,31)32/h3,5-6,11-14,18-19H,4,7-10,15-16H2,1-2H3,(H,26,30)(H,25,27,28). The molecule has 2 aromatic heterocycles. The van der Waals surface area contributed by atoms with E-state index in [1.165, 1.54) is 6.26 Å². The normalized spacial score (nSPS) is 18.5. The van der Waals surface area contributed by atoms with Gasteiger partial charge in [0.15, 0.2) is 0 Å². The van der Waals surface area contributed by atoms with Crippen molar-refractivity contribution in [1.82, 2.24) is 19.9 Å². The van der Waals surface area contributed by atoms with Gasteiger partial charge in [0, 0.05) is 43.0 Å². The first-order valence-electron chi connectivity index (χ1n) is 11.6. The summed E-state index contributed by atoms with van der Waals surface area (Å²) in [4.78, 5) is 20.4. The number of anilines is 1. The first-order valence-corrected chi connectivity index (χ1v) is 13.6. The molecule has 34 heavy (non-hydrogen) atoms. The second-order valence-corrected chi connectivity index (χ2v) is 11.1. The van der Waals surface area contributed by atoms with Gasteiger partial charge in [0.1, 0.15) is 21.4 Å². The third-order valence-corrected chi connectivity index (χ3v) is 7.00. The van der Waals surface area contributed by atoms with E-state index in [1.54, 1.807) is 13.1 Å². The summed E-state index contributed by atoms with van der Waals surface area (Å²) in [6.45, 7) is 1.89. The van der Waals surface area contributed by atoms with Crippen LogP contribution in [-0.4, -0.2) is 59.6 Å². The molecule has 0 radical (unpaired) electrons. The van der Waals surface area contributed by atoms with Crippen LogP contribution in [0.3, 0.4) is 0 Å². The lowest BCUT2D eigenvalue weighted by Crippen LogP contribution is -2.39. The molecule has 0 aliphatic heterocycles. The Hall–Kier alpha value is -3.14. The number of sulfone groups is 1. The summed E-state index contributed by atoms with van der Waals surface area (Å²) in [5, 5.41) is 7.38. The van der Waals surface area contributed by atoms with Gasteiger partial charge in [0.2, 0.25) is 11.9 Å². The summed E-state index contributed by atoms with van der Waals surface area (Å²) in [7, 11) is -3.00. The predicted molar refractivity (Wildman–Crippen MR) is 132 cm³/mol. The smallest absolute Gasteiger partial charge is 0.224 e. The van der Waals surface area contributed by atoms with Crippen LogP contribution in [-0.2, 0) is 14.6 Å². The third-order valence-electron chi connectivity index (χ3n) is 5.97. The third kappa shape index (κ3) is 6.25. The van der Waals surface area contributed by atoms with Crippen molar-refractivity contribution in [3.63, 3.8) is 0 Å². The maximum Gasteiger partial charge on any atom is 0.224 e. The van der Waals surface area contributed by atoms with Gasteiger partial charge in [-0.25, -0.2) is 13.4 Å². The van der Waals surface area contributed by atoms with Crippen molar-refractivity contribution in [2.45, 2.75) is 51.1 Å². The van der Waals surface area contributed by atoms with E-state index in [2.05, 4.69) is 15.6 Å². The fourth-order valence-corrected chi connectivity index (χ4v) is 5.02. The van der Waals surface area contributed by atoms with Crippen molar-refractivity contribution in [1.29, 1.82) is 0 Å². The Morgan fingerprint density at radius 3 is 2.65 bits per heavy atom. The zero-order chi connectivity index (χ0) is 24.1. The first-order chi connectivity index (χ1) is 16.3. The zero-order valence-electron chi connectivity index (χ0n) is 19.5. The number of ether oxygens (including phenoxy) is 1. The van der Waals surface area contributed by atoms with Crippen molar-refractivity contribution in [2.75, 3.05) is 23.9 Å². The molecule has 10 heteroatoms. The van der Waals surface area contributed by atoms with E-state index in [4.69, 9.17) is 9.72 Å². The number of benzene rings is 1. The van der Waals surface area contributed by atoms with E-state index < -0.39 is 9.84 Å². The monoisotopic (exact) mass is 485 g/mol. The van der Waals surface area contributed by atoms with Crippen LogP contribution in [0.15, 0.2) is 42.7 Å². The Morgan fingerprint density at radius 1 is 1.15 bits per heavy atom. The van der Waals surface area contributed by atoms with Crippen LogP contribution in [0.2, 0.25) is 0 Å². The average Bonchev–Trinajstić information content (AvgIpc) is 3.22. The molecule has 1 aliphatic rings. The molecular formula is C24H31N5O4S. The number of carbonyl (C=O) groups is 1. The van der Waals surface area contributed by atoms with Gasteiger partial charge in [-0.1, -0.05) is 6.07 Å². The molecule has 2 heterocycles. The van der Waals surface area contributed by atoms with E-state index in [-0.39, 0.29) is 23.7 Å². The molecule has 1 fully saturated rings. The van der Waals surface area contributed by atoms with Gasteiger partial charge >= 0.3 is 0 Å². The lowest BCUT2D eigenvalue weighted by molar-refractivity contribution is -0.119. The highest BCUT2D eigenvalue weighted by Crippen LogP contribution is 2.29. The Kier molecular flexibility index (Phi) is 7.35. The Labute approximate surface area is 199 Å². The molecule has 9 nitrogen and oxygen atoms in total. The van der Waals surface area contributed by atoms with Gasteiger partial charge in [-0.15, -0.1) is 0 Å². The summed E-state index contributed by atoms with van der Waals surface area (Å²) in [6, 6.07) is 10.1. The number of fused-ring (bicyclic) bond motifs is 1. The molecule has 1 amide bonds. The van der Waals surface area contributed by atoms with Crippen molar-refractivity contribution < 1.29 is 17.9 Å². The maximum absolute atomic E-state index is 11.3. The molecule has 1 saturated carbocycles. The topological polar surface area (TPSA) is 115 Å².